The zero-order valence-corrected chi connectivity index (χ0v) is 10.9. The quantitative estimate of drug-likeness (QED) is 0.836. The Labute approximate surface area is 111 Å². The predicted octanol–water partition coefficient (Wildman–Crippen LogP) is 2.55. The predicted molar refractivity (Wildman–Crippen MR) is 65.1 cm³/mol. The van der Waals surface area contributed by atoms with E-state index in [-0.39, 0.29) is 10.0 Å². The van der Waals surface area contributed by atoms with E-state index in [1.807, 2.05) is 0 Å². The molecule has 0 bridgehead atoms. The minimum absolute atomic E-state index is 0.0254. The molecule has 100 valence electrons. The summed E-state index contributed by atoms with van der Waals surface area (Å²) in [5.41, 5.74) is 4.36. The van der Waals surface area contributed by atoms with E-state index in [9.17, 15) is 18.0 Å². The van der Waals surface area contributed by atoms with Gasteiger partial charge in [0.05, 0.1) is 5.56 Å². The summed E-state index contributed by atoms with van der Waals surface area (Å²) in [6.45, 7) is 0.751. The molecule has 0 radical (unpaired) electrons. The molecular weight excluding hydrogens is 313 g/mol. The molecule has 0 spiro atoms. The van der Waals surface area contributed by atoms with Crippen molar-refractivity contribution in [2.24, 2.45) is 5.73 Å². The Kier molecular flexibility index (Phi) is 5.15. The van der Waals surface area contributed by atoms with E-state index in [4.69, 9.17) is 5.73 Å². The van der Waals surface area contributed by atoms with Crippen LogP contribution in [0.4, 0.5) is 13.2 Å². The number of halogens is 4. The Hall–Kier alpha value is -1.08. The minimum Gasteiger partial charge on any atom is -0.352 e. The zero-order valence-electron chi connectivity index (χ0n) is 9.35. The molecule has 3 N–H and O–H groups in total. The van der Waals surface area contributed by atoms with Gasteiger partial charge in [-0.25, -0.2) is 0 Å². The van der Waals surface area contributed by atoms with Crippen molar-refractivity contribution < 1.29 is 18.0 Å². The molecule has 1 rings (SSSR count). The summed E-state index contributed by atoms with van der Waals surface area (Å²) in [6, 6.07) is 3.36. The third kappa shape index (κ3) is 3.99. The first-order valence-electron chi connectivity index (χ1n) is 5.21. The topological polar surface area (TPSA) is 55.1 Å². The van der Waals surface area contributed by atoms with Gasteiger partial charge in [-0.05, 0) is 31.2 Å². The molecule has 0 heterocycles. The SMILES string of the molecule is NCCCNC(=O)c1ccc(Br)c(C(F)(F)F)c1. The molecule has 0 aromatic heterocycles. The van der Waals surface area contributed by atoms with Crippen LogP contribution in [0.3, 0.4) is 0 Å². The monoisotopic (exact) mass is 324 g/mol. The third-order valence-corrected chi connectivity index (χ3v) is 2.89. The molecule has 0 fully saturated rings. The van der Waals surface area contributed by atoms with Crippen LogP contribution in [0.15, 0.2) is 22.7 Å². The first-order valence-corrected chi connectivity index (χ1v) is 6.00. The van der Waals surface area contributed by atoms with E-state index >= 15 is 0 Å². The Bertz CT molecular complexity index is 435. The number of hydrogen-bond acceptors (Lipinski definition) is 2. The normalized spacial score (nSPS) is 11.4. The lowest BCUT2D eigenvalue weighted by molar-refractivity contribution is -0.138. The molecule has 0 aliphatic carbocycles. The third-order valence-electron chi connectivity index (χ3n) is 2.20. The van der Waals surface area contributed by atoms with Gasteiger partial charge in [-0.2, -0.15) is 13.2 Å². The van der Waals surface area contributed by atoms with Crippen LogP contribution in [-0.2, 0) is 6.18 Å². The number of rotatable bonds is 4. The van der Waals surface area contributed by atoms with Gasteiger partial charge in [0.2, 0.25) is 0 Å². The van der Waals surface area contributed by atoms with Crippen molar-refractivity contribution >= 4 is 21.8 Å². The maximum atomic E-state index is 12.6. The molecule has 0 aliphatic rings. The van der Waals surface area contributed by atoms with Gasteiger partial charge in [0.25, 0.3) is 5.91 Å². The smallest absolute Gasteiger partial charge is 0.352 e. The lowest BCUT2D eigenvalue weighted by Crippen LogP contribution is -2.26. The number of nitrogens with one attached hydrogen (secondary N) is 1. The van der Waals surface area contributed by atoms with Gasteiger partial charge in [0.1, 0.15) is 0 Å². The summed E-state index contributed by atoms with van der Waals surface area (Å²) >= 11 is 2.81. The lowest BCUT2D eigenvalue weighted by Gasteiger charge is -2.11. The van der Waals surface area contributed by atoms with Gasteiger partial charge in [0, 0.05) is 16.6 Å². The highest BCUT2D eigenvalue weighted by Gasteiger charge is 2.33. The Morgan fingerprint density at radius 3 is 2.61 bits per heavy atom. The van der Waals surface area contributed by atoms with Crippen molar-refractivity contribution in [3.8, 4) is 0 Å². The van der Waals surface area contributed by atoms with Crippen molar-refractivity contribution in [1.82, 2.24) is 5.32 Å². The highest BCUT2D eigenvalue weighted by Crippen LogP contribution is 2.35. The maximum absolute atomic E-state index is 12.6. The maximum Gasteiger partial charge on any atom is 0.417 e. The zero-order chi connectivity index (χ0) is 13.8. The van der Waals surface area contributed by atoms with E-state index < -0.39 is 17.6 Å². The second-order valence-corrected chi connectivity index (χ2v) is 4.44. The van der Waals surface area contributed by atoms with Crippen molar-refractivity contribution in [2.45, 2.75) is 12.6 Å². The summed E-state index contributed by atoms with van der Waals surface area (Å²) in [5, 5.41) is 2.50. The highest BCUT2D eigenvalue weighted by molar-refractivity contribution is 9.10. The van der Waals surface area contributed by atoms with Gasteiger partial charge < -0.3 is 11.1 Å². The number of nitrogens with two attached hydrogens (primary N) is 1. The molecule has 0 saturated carbocycles. The van der Waals surface area contributed by atoms with E-state index in [1.165, 1.54) is 12.1 Å². The lowest BCUT2D eigenvalue weighted by atomic mass is 10.1. The van der Waals surface area contributed by atoms with Crippen LogP contribution in [0.1, 0.15) is 22.3 Å². The summed E-state index contributed by atoms with van der Waals surface area (Å²) < 4.78 is 37.8. The molecule has 0 unspecified atom stereocenters. The Morgan fingerprint density at radius 1 is 1.39 bits per heavy atom. The fourth-order valence-electron chi connectivity index (χ4n) is 1.29. The van der Waals surface area contributed by atoms with Crippen molar-refractivity contribution in [2.75, 3.05) is 13.1 Å². The van der Waals surface area contributed by atoms with Crippen LogP contribution < -0.4 is 11.1 Å². The van der Waals surface area contributed by atoms with Crippen LogP contribution in [0.2, 0.25) is 0 Å². The van der Waals surface area contributed by atoms with Gasteiger partial charge in [-0.15, -0.1) is 0 Å². The van der Waals surface area contributed by atoms with E-state index in [0.717, 1.165) is 6.07 Å². The largest absolute Gasteiger partial charge is 0.417 e. The number of carbonyl (C=O) groups excluding carboxylic acids is 1. The fourth-order valence-corrected chi connectivity index (χ4v) is 1.76. The first-order chi connectivity index (χ1) is 8.36. The van der Waals surface area contributed by atoms with Gasteiger partial charge in [-0.1, -0.05) is 15.9 Å². The number of hydrogen-bond donors (Lipinski definition) is 2. The molecule has 0 atom stereocenters. The molecule has 3 nitrogen and oxygen atoms in total. The second-order valence-electron chi connectivity index (χ2n) is 3.59. The van der Waals surface area contributed by atoms with Crippen molar-refractivity contribution in [3.63, 3.8) is 0 Å². The molecule has 0 saturated heterocycles. The van der Waals surface area contributed by atoms with Crippen molar-refractivity contribution in [1.29, 1.82) is 0 Å². The molecule has 1 amide bonds. The molecular formula is C11H12BrF3N2O. The number of alkyl halides is 3. The van der Waals surface area contributed by atoms with Gasteiger partial charge in [0.15, 0.2) is 0 Å². The van der Waals surface area contributed by atoms with Crippen LogP contribution in [0.5, 0.6) is 0 Å². The fraction of sp³-hybridized carbons (Fsp3) is 0.364. The second kappa shape index (κ2) is 6.19. The van der Waals surface area contributed by atoms with E-state index in [1.54, 1.807) is 0 Å². The molecule has 18 heavy (non-hydrogen) atoms. The van der Waals surface area contributed by atoms with Crippen LogP contribution in [-0.4, -0.2) is 19.0 Å². The number of benzene rings is 1. The number of amides is 1. The van der Waals surface area contributed by atoms with Crippen LogP contribution in [0, 0.1) is 0 Å². The average Bonchev–Trinajstić information content (AvgIpc) is 2.28. The van der Waals surface area contributed by atoms with Crippen LogP contribution in [0.25, 0.3) is 0 Å². The summed E-state index contributed by atoms with van der Waals surface area (Å²) in [5.74, 6) is -0.540. The first kappa shape index (κ1) is 15.0. The number of carbonyl (C=O) groups is 1. The summed E-state index contributed by atoms with van der Waals surface area (Å²) in [4.78, 5) is 11.6. The minimum atomic E-state index is -4.49. The molecule has 0 aliphatic heterocycles. The van der Waals surface area contributed by atoms with Crippen molar-refractivity contribution in [3.05, 3.63) is 33.8 Å². The highest BCUT2D eigenvalue weighted by atomic mass is 79.9. The Balaban J connectivity index is 2.88. The van der Waals surface area contributed by atoms with Gasteiger partial charge >= 0.3 is 6.18 Å². The average molecular weight is 325 g/mol. The van der Waals surface area contributed by atoms with E-state index in [0.29, 0.717) is 19.5 Å². The summed E-state index contributed by atoms with van der Waals surface area (Å²) in [6.07, 6.45) is -3.92. The molecule has 1 aromatic rings. The van der Waals surface area contributed by atoms with E-state index in [2.05, 4.69) is 21.2 Å². The standard InChI is InChI=1S/C11H12BrF3N2O/c12-9-3-2-7(6-8(9)11(13,14)15)10(18)17-5-1-4-16/h2-3,6H,1,4-5,16H2,(H,17,18). The van der Waals surface area contributed by atoms with Gasteiger partial charge in [-0.3, -0.25) is 4.79 Å². The molecule has 7 heteroatoms. The van der Waals surface area contributed by atoms with Crippen LogP contribution >= 0.6 is 15.9 Å². The Morgan fingerprint density at radius 2 is 2.06 bits per heavy atom. The summed E-state index contributed by atoms with van der Waals surface area (Å²) in [7, 11) is 0. The molecule has 1 aromatic carbocycles.